The van der Waals surface area contributed by atoms with Crippen molar-refractivity contribution in [1.29, 1.82) is 0 Å². The molecule has 3 nitrogen and oxygen atoms in total. The zero-order chi connectivity index (χ0) is 15.4. The molecule has 23 heavy (non-hydrogen) atoms. The number of aryl methyl sites for hydroxylation is 1. The number of fused-ring (bicyclic) bond motifs is 5. The van der Waals surface area contributed by atoms with Crippen LogP contribution in [-0.4, -0.2) is 10.1 Å². The van der Waals surface area contributed by atoms with Gasteiger partial charge in [0.05, 0.1) is 11.0 Å². The molecule has 0 spiro atoms. The summed E-state index contributed by atoms with van der Waals surface area (Å²) in [5.74, 6) is 0.853. The largest absolute Gasteiger partial charge is 0.381 e. The first-order valence-corrected chi connectivity index (χ1v) is 7.66. The fourth-order valence-corrected chi connectivity index (χ4v) is 3.26. The van der Waals surface area contributed by atoms with Crippen LogP contribution >= 0.6 is 0 Å². The number of aromatic amines is 1. The lowest BCUT2D eigenvalue weighted by Crippen LogP contribution is -1.75. The molecule has 0 fully saturated rings. The molecule has 0 unspecified atom stereocenters. The lowest BCUT2D eigenvalue weighted by molar-refractivity contribution is 0.441. The highest BCUT2D eigenvalue weighted by atomic mass is 16.5. The number of rotatable bonds is 1. The molecule has 0 bridgehead atoms. The van der Waals surface area contributed by atoms with Gasteiger partial charge in [-0.2, -0.15) is 0 Å². The second-order valence-corrected chi connectivity index (χ2v) is 5.92. The van der Waals surface area contributed by atoms with E-state index in [9.17, 15) is 0 Å². The average molecular weight is 298 g/mol. The number of aromatic nitrogens is 2. The Morgan fingerprint density at radius 2 is 1.70 bits per heavy atom. The van der Waals surface area contributed by atoms with E-state index in [1.165, 1.54) is 10.9 Å². The molecule has 0 radical (unpaired) electrons. The Morgan fingerprint density at radius 1 is 0.870 bits per heavy atom. The number of nitrogens with zero attached hydrogens (tertiary/aromatic N) is 1. The van der Waals surface area contributed by atoms with Crippen molar-refractivity contribution >= 4 is 32.7 Å². The molecule has 0 aliphatic heterocycles. The van der Waals surface area contributed by atoms with Crippen LogP contribution in [0.5, 0.6) is 0 Å². The maximum atomic E-state index is 5.76. The van der Waals surface area contributed by atoms with Crippen LogP contribution in [0.2, 0.25) is 0 Å². The van der Waals surface area contributed by atoms with Crippen molar-refractivity contribution < 1.29 is 4.52 Å². The fourth-order valence-electron chi connectivity index (χ4n) is 3.26. The van der Waals surface area contributed by atoms with Gasteiger partial charge in [-0.3, -0.25) is 0 Å². The highest BCUT2D eigenvalue weighted by molar-refractivity contribution is 6.17. The first-order chi connectivity index (χ1) is 11.3. The van der Waals surface area contributed by atoms with E-state index in [1.807, 2.05) is 18.2 Å². The molecule has 3 aromatic carbocycles. The molecule has 110 valence electrons. The summed E-state index contributed by atoms with van der Waals surface area (Å²) >= 11 is 0. The van der Waals surface area contributed by atoms with E-state index in [0.717, 1.165) is 38.6 Å². The third-order valence-electron chi connectivity index (χ3n) is 4.39. The monoisotopic (exact) mass is 298 g/mol. The minimum Gasteiger partial charge on any atom is -0.381 e. The van der Waals surface area contributed by atoms with Crippen LogP contribution in [0.1, 0.15) is 5.56 Å². The minimum atomic E-state index is 0.853. The van der Waals surface area contributed by atoms with Gasteiger partial charge < -0.3 is 4.52 Å². The predicted molar refractivity (Wildman–Crippen MR) is 93.5 cm³/mol. The first-order valence-electron chi connectivity index (χ1n) is 7.66. The Bertz CT molecular complexity index is 1170. The first kappa shape index (κ1) is 12.5. The summed E-state index contributed by atoms with van der Waals surface area (Å²) in [5.41, 5.74) is 5.25. The quantitative estimate of drug-likeness (QED) is 0.448. The molecule has 0 amide bonds. The van der Waals surface area contributed by atoms with Crippen LogP contribution in [0.4, 0.5) is 0 Å². The van der Waals surface area contributed by atoms with Crippen LogP contribution in [0, 0.1) is 6.92 Å². The summed E-state index contributed by atoms with van der Waals surface area (Å²) in [6.07, 6.45) is 0. The van der Waals surface area contributed by atoms with Crippen LogP contribution in [0.25, 0.3) is 44.0 Å². The van der Waals surface area contributed by atoms with Gasteiger partial charge in [-0.15, -0.1) is 0 Å². The zero-order valence-corrected chi connectivity index (χ0v) is 12.6. The number of nitrogens with one attached hydrogen (secondary N) is 1. The van der Waals surface area contributed by atoms with Gasteiger partial charge >= 0.3 is 0 Å². The highest BCUT2D eigenvalue weighted by Gasteiger charge is 2.15. The topological polar surface area (TPSA) is 41.8 Å². The molecule has 1 N–H and O–H groups in total. The Morgan fingerprint density at radius 3 is 2.57 bits per heavy atom. The van der Waals surface area contributed by atoms with Gasteiger partial charge in [-0.05, 0) is 25.1 Å². The van der Waals surface area contributed by atoms with Gasteiger partial charge in [0.1, 0.15) is 5.52 Å². The maximum Gasteiger partial charge on any atom is 0.171 e. The molecule has 0 saturated heterocycles. The van der Waals surface area contributed by atoms with Gasteiger partial charge in [-0.1, -0.05) is 48.0 Å². The molecule has 5 rings (SSSR count). The molecular formula is C20H14N2O. The van der Waals surface area contributed by atoms with Crippen molar-refractivity contribution in [2.75, 3.05) is 0 Å². The van der Waals surface area contributed by atoms with Crippen molar-refractivity contribution in [2.24, 2.45) is 0 Å². The third-order valence-corrected chi connectivity index (χ3v) is 4.39. The van der Waals surface area contributed by atoms with Crippen LogP contribution in [-0.2, 0) is 0 Å². The van der Waals surface area contributed by atoms with E-state index in [1.54, 1.807) is 0 Å². The van der Waals surface area contributed by atoms with E-state index in [0.29, 0.717) is 0 Å². The van der Waals surface area contributed by atoms with E-state index >= 15 is 0 Å². The third kappa shape index (κ3) is 1.73. The Hall–Kier alpha value is -3.07. The summed E-state index contributed by atoms with van der Waals surface area (Å²) in [7, 11) is 0. The summed E-state index contributed by atoms with van der Waals surface area (Å²) in [4.78, 5) is 4.80. The van der Waals surface area contributed by atoms with Gasteiger partial charge in [0.15, 0.2) is 5.76 Å². The summed E-state index contributed by atoms with van der Waals surface area (Å²) < 4.78 is 5.76. The fraction of sp³-hybridized carbons (Fsp3) is 0.0500. The summed E-state index contributed by atoms with van der Waals surface area (Å²) in [6.45, 7) is 2.11. The summed E-state index contributed by atoms with van der Waals surface area (Å²) in [5, 5.41) is 6.48. The van der Waals surface area contributed by atoms with Crippen molar-refractivity contribution in [1.82, 2.24) is 10.1 Å². The number of benzene rings is 3. The van der Waals surface area contributed by atoms with Gasteiger partial charge in [0.2, 0.25) is 0 Å². The van der Waals surface area contributed by atoms with Crippen LogP contribution in [0.15, 0.2) is 65.2 Å². The lowest BCUT2D eigenvalue weighted by atomic mass is 10.1. The predicted octanol–water partition coefficient (Wildman–Crippen LogP) is 5.44. The van der Waals surface area contributed by atoms with Crippen molar-refractivity contribution in [2.45, 2.75) is 6.92 Å². The van der Waals surface area contributed by atoms with E-state index in [2.05, 4.69) is 54.5 Å². The molecule has 0 aliphatic carbocycles. The van der Waals surface area contributed by atoms with Crippen LogP contribution < -0.4 is 0 Å². The van der Waals surface area contributed by atoms with Gasteiger partial charge in [0.25, 0.3) is 0 Å². The molecule has 0 atom stereocenters. The lowest BCUT2D eigenvalue weighted by Gasteiger charge is -1.96. The van der Waals surface area contributed by atoms with Crippen molar-refractivity contribution in [3.63, 3.8) is 0 Å². The maximum absolute atomic E-state index is 5.76. The van der Waals surface area contributed by atoms with E-state index in [-0.39, 0.29) is 0 Å². The number of hydrogen-bond donors (Lipinski definition) is 1. The van der Waals surface area contributed by atoms with Crippen LogP contribution in [0.3, 0.4) is 0 Å². The minimum absolute atomic E-state index is 0.853. The molecule has 3 heteroatoms. The molecule has 0 saturated carbocycles. The second-order valence-electron chi connectivity index (χ2n) is 5.92. The zero-order valence-electron chi connectivity index (χ0n) is 12.6. The van der Waals surface area contributed by atoms with Gasteiger partial charge in [0, 0.05) is 21.7 Å². The molecule has 0 aliphatic rings. The number of hydrogen-bond acceptors (Lipinski definition) is 2. The average Bonchev–Trinajstić information content (AvgIpc) is 3.16. The Balaban J connectivity index is 1.88. The van der Waals surface area contributed by atoms with E-state index < -0.39 is 0 Å². The molecule has 2 aromatic heterocycles. The van der Waals surface area contributed by atoms with E-state index in [4.69, 9.17) is 9.51 Å². The molecular weight excluding hydrogens is 284 g/mol. The Labute approximate surface area is 132 Å². The van der Waals surface area contributed by atoms with Crippen molar-refractivity contribution in [3.8, 4) is 11.3 Å². The smallest absolute Gasteiger partial charge is 0.171 e. The SMILES string of the molecule is Cc1ccc2nc3c(ccc4c(-c5ccccc5)o[nH]c43)c2c1. The number of H-pyrrole nitrogens is 1. The highest BCUT2D eigenvalue weighted by Crippen LogP contribution is 2.35. The van der Waals surface area contributed by atoms with Gasteiger partial charge in [-0.25, -0.2) is 10.1 Å². The molecule has 2 heterocycles. The standard InChI is InChI=1S/C20H14N2O/c1-12-7-10-17-16(11-12)14-8-9-15-19(18(14)21-17)22-23-20(15)13-5-3-2-4-6-13/h2-11,22H,1H3. The normalized spacial score (nSPS) is 11.7. The second kappa shape index (κ2) is 4.46. The Kier molecular flexibility index (Phi) is 2.42. The summed E-state index contributed by atoms with van der Waals surface area (Å²) in [6, 6.07) is 20.8. The molecule has 5 aromatic rings. The van der Waals surface area contributed by atoms with Crippen molar-refractivity contribution in [3.05, 3.63) is 66.2 Å².